The smallest absolute Gasteiger partial charge is 0.0877 e. The van der Waals surface area contributed by atoms with Crippen molar-refractivity contribution in [3.63, 3.8) is 0 Å². The highest BCUT2D eigenvalue weighted by Crippen LogP contribution is 2.24. The van der Waals surface area contributed by atoms with Gasteiger partial charge in [0.1, 0.15) is 0 Å². The number of nitrogens with one attached hydrogen (secondary N) is 1. The molecule has 0 bridgehead atoms. The molecular formula is C13H16ClN3. The maximum atomic E-state index is 6.02. The fourth-order valence-electron chi connectivity index (χ4n) is 1.58. The molecule has 0 fully saturated rings. The minimum atomic E-state index is 0.583. The van der Waals surface area contributed by atoms with Gasteiger partial charge >= 0.3 is 0 Å². The third kappa shape index (κ3) is 3.01. The normalized spacial score (nSPS) is 10.8. The molecule has 0 radical (unpaired) electrons. The van der Waals surface area contributed by atoms with Crippen LogP contribution >= 0.6 is 11.6 Å². The summed E-state index contributed by atoms with van der Waals surface area (Å²) >= 11 is 6.02. The van der Waals surface area contributed by atoms with E-state index in [0.717, 1.165) is 22.9 Å². The molecule has 0 atom stereocenters. The molecule has 0 amide bonds. The van der Waals surface area contributed by atoms with Crippen molar-refractivity contribution < 1.29 is 0 Å². The van der Waals surface area contributed by atoms with Crippen molar-refractivity contribution >= 4 is 17.3 Å². The number of hydrogen-bond acceptors (Lipinski definition) is 2. The summed E-state index contributed by atoms with van der Waals surface area (Å²) in [5.41, 5.74) is 2.02. The summed E-state index contributed by atoms with van der Waals surface area (Å²) in [5.74, 6) is 0.583. The number of rotatable bonds is 4. The second-order valence-corrected chi connectivity index (χ2v) is 4.82. The molecule has 1 aromatic heterocycles. The Bertz CT molecular complexity index is 477. The highest BCUT2D eigenvalue weighted by molar-refractivity contribution is 6.31. The molecule has 1 N–H and O–H groups in total. The van der Waals surface area contributed by atoms with Crippen LogP contribution in [0.5, 0.6) is 0 Å². The van der Waals surface area contributed by atoms with Crippen LogP contribution in [0.3, 0.4) is 0 Å². The Kier molecular flexibility index (Phi) is 3.69. The molecule has 0 saturated carbocycles. The molecule has 0 unspecified atom stereocenters. The molecular weight excluding hydrogens is 234 g/mol. The molecule has 3 nitrogen and oxygen atoms in total. The van der Waals surface area contributed by atoms with Crippen LogP contribution in [0.2, 0.25) is 5.02 Å². The quantitative estimate of drug-likeness (QED) is 0.897. The summed E-state index contributed by atoms with van der Waals surface area (Å²) in [6.07, 6.45) is 3.69. The molecule has 0 aliphatic rings. The molecule has 0 saturated heterocycles. The first-order chi connectivity index (χ1) is 8.16. The Morgan fingerprint density at radius 2 is 2.24 bits per heavy atom. The van der Waals surface area contributed by atoms with Crippen LogP contribution < -0.4 is 5.32 Å². The molecule has 0 spiro atoms. The summed E-state index contributed by atoms with van der Waals surface area (Å²) in [4.78, 5) is 0. The minimum absolute atomic E-state index is 0.583. The Morgan fingerprint density at radius 1 is 1.41 bits per heavy atom. The lowest BCUT2D eigenvalue weighted by Crippen LogP contribution is -2.10. The van der Waals surface area contributed by atoms with Crippen molar-refractivity contribution in [1.82, 2.24) is 9.78 Å². The first-order valence-electron chi connectivity index (χ1n) is 5.70. The van der Waals surface area contributed by atoms with E-state index in [1.807, 2.05) is 35.1 Å². The fraction of sp³-hybridized carbons (Fsp3) is 0.308. The molecule has 90 valence electrons. The molecule has 0 aliphatic carbocycles. The molecule has 4 heteroatoms. The third-order valence-electron chi connectivity index (χ3n) is 2.41. The largest absolute Gasteiger partial charge is 0.383 e. The summed E-state index contributed by atoms with van der Waals surface area (Å²) in [6, 6.07) is 7.68. The lowest BCUT2D eigenvalue weighted by atomic mass is 10.2. The van der Waals surface area contributed by atoms with Gasteiger partial charge in [0.2, 0.25) is 0 Å². The van der Waals surface area contributed by atoms with Gasteiger partial charge in [0.05, 0.1) is 11.4 Å². The van der Waals surface area contributed by atoms with E-state index in [1.54, 1.807) is 6.20 Å². The van der Waals surface area contributed by atoms with Crippen LogP contribution in [0, 0.1) is 5.92 Å². The number of nitrogens with zero attached hydrogens (tertiary/aromatic N) is 2. The van der Waals surface area contributed by atoms with E-state index in [9.17, 15) is 0 Å². The third-order valence-corrected chi connectivity index (χ3v) is 2.65. The van der Waals surface area contributed by atoms with E-state index >= 15 is 0 Å². The topological polar surface area (TPSA) is 29.9 Å². The van der Waals surface area contributed by atoms with Crippen LogP contribution in [-0.2, 0) is 0 Å². The van der Waals surface area contributed by atoms with Crippen molar-refractivity contribution in [2.24, 2.45) is 5.92 Å². The standard InChI is InChI=1S/C13H16ClN3/c1-10(2)9-15-12-8-11(14)4-5-13(12)17-7-3-6-16-17/h3-8,10,15H,9H2,1-2H3. The highest BCUT2D eigenvalue weighted by Gasteiger charge is 2.06. The van der Waals surface area contributed by atoms with Gasteiger partial charge in [0.25, 0.3) is 0 Å². The van der Waals surface area contributed by atoms with E-state index in [1.165, 1.54) is 0 Å². The first kappa shape index (κ1) is 12.0. The SMILES string of the molecule is CC(C)CNc1cc(Cl)ccc1-n1cccn1. The van der Waals surface area contributed by atoms with Gasteiger partial charge in [-0.3, -0.25) is 0 Å². The van der Waals surface area contributed by atoms with Gasteiger partial charge in [-0.15, -0.1) is 0 Å². The summed E-state index contributed by atoms with van der Waals surface area (Å²) in [7, 11) is 0. The van der Waals surface area contributed by atoms with Gasteiger partial charge in [0, 0.05) is 24.0 Å². The Hall–Kier alpha value is -1.48. The Balaban J connectivity index is 2.31. The molecule has 2 aromatic rings. The number of benzene rings is 1. The highest BCUT2D eigenvalue weighted by atomic mass is 35.5. The van der Waals surface area contributed by atoms with Crippen LogP contribution in [0.4, 0.5) is 5.69 Å². The zero-order chi connectivity index (χ0) is 12.3. The molecule has 1 aromatic carbocycles. The van der Waals surface area contributed by atoms with Gasteiger partial charge in [-0.1, -0.05) is 25.4 Å². The number of aromatic nitrogens is 2. The predicted octanol–water partition coefficient (Wildman–Crippen LogP) is 3.59. The van der Waals surface area contributed by atoms with Crippen molar-refractivity contribution in [3.05, 3.63) is 41.7 Å². The van der Waals surface area contributed by atoms with Crippen LogP contribution in [0.25, 0.3) is 5.69 Å². The Morgan fingerprint density at radius 3 is 2.88 bits per heavy atom. The maximum Gasteiger partial charge on any atom is 0.0877 e. The van der Waals surface area contributed by atoms with Crippen molar-refractivity contribution in [2.75, 3.05) is 11.9 Å². The second-order valence-electron chi connectivity index (χ2n) is 4.39. The number of anilines is 1. The molecule has 2 rings (SSSR count). The number of hydrogen-bond donors (Lipinski definition) is 1. The second kappa shape index (κ2) is 5.23. The molecule has 17 heavy (non-hydrogen) atoms. The van der Waals surface area contributed by atoms with Crippen LogP contribution in [0.15, 0.2) is 36.7 Å². The zero-order valence-electron chi connectivity index (χ0n) is 10.0. The van der Waals surface area contributed by atoms with E-state index in [4.69, 9.17) is 11.6 Å². The van der Waals surface area contributed by atoms with E-state index in [2.05, 4.69) is 24.3 Å². The van der Waals surface area contributed by atoms with Gasteiger partial charge in [-0.05, 0) is 30.2 Å². The van der Waals surface area contributed by atoms with Gasteiger partial charge in [-0.2, -0.15) is 5.10 Å². The average molecular weight is 250 g/mol. The number of halogens is 1. The molecule has 1 heterocycles. The van der Waals surface area contributed by atoms with E-state index in [0.29, 0.717) is 5.92 Å². The van der Waals surface area contributed by atoms with Gasteiger partial charge < -0.3 is 5.32 Å². The average Bonchev–Trinajstić information content (AvgIpc) is 2.80. The van der Waals surface area contributed by atoms with Crippen LogP contribution in [0.1, 0.15) is 13.8 Å². The van der Waals surface area contributed by atoms with Gasteiger partial charge in [-0.25, -0.2) is 4.68 Å². The fourth-order valence-corrected chi connectivity index (χ4v) is 1.75. The summed E-state index contributed by atoms with van der Waals surface area (Å²) in [6.45, 7) is 5.25. The minimum Gasteiger partial charge on any atom is -0.383 e. The lowest BCUT2D eigenvalue weighted by Gasteiger charge is -2.14. The predicted molar refractivity (Wildman–Crippen MR) is 71.9 cm³/mol. The van der Waals surface area contributed by atoms with Crippen molar-refractivity contribution in [2.45, 2.75) is 13.8 Å². The van der Waals surface area contributed by atoms with Crippen molar-refractivity contribution in [1.29, 1.82) is 0 Å². The van der Waals surface area contributed by atoms with Crippen LogP contribution in [-0.4, -0.2) is 16.3 Å². The summed E-state index contributed by atoms with van der Waals surface area (Å²) in [5, 5.41) is 8.36. The van der Waals surface area contributed by atoms with E-state index in [-0.39, 0.29) is 0 Å². The summed E-state index contributed by atoms with van der Waals surface area (Å²) < 4.78 is 1.83. The van der Waals surface area contributed by atoms with E-state index < -0.39 is 0 Å². The first-order valence-corrected chi connectivity index (χ1v) is 6.08. The lowest BCUT2D eigenvalue weighted by molar-refractivity contribution is 0.688. The van der Waals surface area contributed by atoms with Gasteiger partial charge in [0.15, 0.2) is 0 Å². The maximum absolute atomic E-state index is 6.02. The molecule has 0 aliphatic heterocycles. The Labute approximate surface area is 106 Å². The van der Waals surface area contributed by atoms with Crippen molar-refractivity contribution in [3.8, 4) is 5.69 Å². The zero-order valence-corrected chi connectivity index (χ0v) is 10.8. The monoisotopic (exact) mass is 249 g/mol.